The number of carbonyl (C=O) groups is 1. The minimum atomic E-state index is -0.412. The number of rotatable bonds is 9. The summed E-state index contributed by atoms with van der Waals surface area (Å²) in [7, 11) is 1.65. The summed E-state index contributed by atoms with van der Waals surface area (Å²) in [6.45, 7) is 3.02. The highest BCUT2D eigenvalue weighted by Crippen LogP contribution is 2.31. The standard InChI is InChI=1S/C21H21ClFN3O2S/c1-14(19(27)15-8-10-16(23)11-9-15)29-21-25-24-20(26(21)12-5-13-28-2)17-6-3-4-7-18(17)22/h3-4,6-11,14H,5,12-13H2,1-2H3. The number of benzene rings is 2. The second-order valence-corrected chi connectivity index (χ2v) is 8.13. The van der Waals surface area contributed by atoms with E-state index < -0.39 is 5.25 Å². The van der Waals surface area contributed by atoms with E-state index in [-0.39, 0.29) is 11.6 Å². The van der Waals surface area contributed by atoms with Gasteiger partial charge in [0, 0.05) is 31.4 Å². The minimum absolute atomic E-state index is 0.0965. The maximum Gasteiger partial charge on any atom is 0.192 e. The van der Waals surface area contributed by atoms with Crippen LogP contribution >= 0.6 is 23.4 Å². The maximum atomic E-state index is 13.1. The van der Waals surface area contributed by atoms with Crippen molar-refractivity contribution in [1.29, 1.82) is 0 Å². The Morgan fingerprint density at radius 2 is 1.93 bits per heavy atom. The van der Waals surface area contributed by atoms with Gasteiger partial charge < -0.3 is 9.30 Å². The molecule has 0 aliphatic heterocycles. The van der Waals surface area contributed by atoms with Gasteiger partial charge >= 0.3 is 0 Å². The van der Waals surface area contributed by atoms with Crippen LogP contribution in [-0.4, -0.2) is 39.5 Å². The van der Waals surface area contributed by atoms with E-state index in [1.165, 1.54) is 36.0 Å². The lowest BCUT2D eigenvalue weighted by atomic mass is 10.1. The van der Waals surface area contributed by atoms with Gasteiger partial charge in [-0.2, -0.15) is 0 Å². The van der Waals surface area contributed by atoms with Crippen LogP contribution in [0.2, 0.25) is 5.02 Å². The molecule has 0 spiro atoms. The van der Waals surface area contributed by atoms with Crippen molar-refractivity contribution in [2.75, 3.05) is 13.7 Å². The number of nitrogens with zero attached hydrogens (tertiary/aromatic N) is 3. The molecule has 0 N–H and O–H groups in total. The zero-order valence-electron chi connectivity index (χ0n) is 16.1. The Hall–Kier alpha value is -2.22. The molecule has 1 aromatic heterocycles. The van der Waals surface area contributed by atoms with Crippen LogP contribution in [0.3, 0.4) is 0 Å². The lowest BCUT2D eigenvalue weighted by Gasteiger charge is -2.13. The van der Waals surface area contributed by atoms with E-state index in [2.05, 4.69) is 10.2 Å². The predicted octanol–water partition coefficient (Wildman–Crippen LogP) is 5.14. The van der Waals surface area contributed by atoms with Crippen LogP contribution in [0, 0.1) is 5.82 Å². The molecule has 0 aliphatic carbocycles. The van der Waals surface area contributed by atoms with Crippen LogP contribution in [0.25, 0.3) is 11.4 Å². The number of thioether (sulfide) groups is 1. The van der Waals surface area contributed by atoms with Gasteiger partial charge in [-0.05, 0) is 49.7 Å². The first kappa shape index (κ1) is 21.5. The first-order valence-corrected chi connectivity index (χ1v) is 10.4. The average molecular weight is 434 g/mol. The van der Waals surface area contributed by atoms with Gasteiger partial charge in [-0.25, -0.2) is 4.39 Å². The summed E-state index contributed by atoms with van der Waals surface area (Å²) in [6, 6.07) is 13.0. The SMILES string of the molecule is COCCCn1c(SC(C)C(=O)c2ccc(F)cc2)nnc1-c1ccccc1Cl. The molecule has 0 saturated heterocycles. The first-order chi connectivity index (χ1) is 14.0. The van der Waals surface area contributed by atoms with Gasteiger partial charge in [-0.1, -0.05) is 35.5 Å². The maximum absolute atomic E-state index is 13.1. The molecular formula is C21H21ClFN3O2S. The van der Waals surface area contributed by atoms with Gasteiger partial charge in [0.15, 0.2) is 16.8 Å². The lowest BCUT2D eigenvalue weighted by molar-refractivity contribution is 0.0993. The summed E-state index contributed by atoms with van der Waals surface area (Å²) in [5, 5.41) is 9.43. The molecule has 152 valence electrons. The van der Waals surface area contributed by atoms with Crippen molar-refractivity contribution < 1.29 is 13.9 Å². The van der Waals surface area contributed by atoms with Crippen molar-refractivity contribution in [3.63, 3.8) is 0 Å². The molecule has 3 rings (SSSR count). The third kappa shape index (κ3) is 5.23. The number of hydrogen-bond donors (Lipinski definition) is 0. The minimum Gasteiger partial charge on any atom is -0.385 e. The first-order valence-electron chi connectivity index (χ1n) is 9.14. The molecule has 0 fully saturated rings. The summed E-state index contributed by atoms with van der Waals surface area (Å²) in [5.74, 6) is 0.181. The molecule has 0 bridgehead atoms. The number of methoxy groups -OCH3 is 1. The molecule has 0 radical (unpaired) electrons. The van der Waals surface area contributed by atoms with Gasteiger partial charge in [0.25, 0.3) is 0 Å². The number of halogens is 2. The quantitative estimate of drug-likeness (QED) is 0.266. The topological polar surface area (TPSA) is 57.0 Å². The van der Waals surface area contributed by atoms with Crippen LogP contribution in [0.15, 0.2) is 53.7 Å². The molecule has 29 heavy (non-hydrogen) atoms. The van der Waals surface area contributed by atoms with Crippen LogP contribution in [-0.2, 0) is 11.3 Å². The molecule has 1 atom stereocenters. The van der Waals surface area contributed by atoms with Crippen LogP contribution in [0.5, 0.6) is 0 Å². The Morgan fingerprint density at radius 3 is 2.62 bits per heavy atom. The van der Waals surface area contributed by atoms with Crippen molar-refractivity contribution in [2.45, 2.75) is 30.3 Å². The van der Waals surface area contributed by atoms with Crippen molar-refractivity contribution in [1.82, 2.24) is 14.8 Å². The molecule has 0 amide bonds. The number of Topliss-reactive ketones (excluding diaryl/α,β-unsaturated/α-hetero) is 1. The third-order valence-electron chi connectivity index (χ3n) is 4.34. The molecule has 0 saturated carbocycles. The highest BCUT2D eigenvalue weighted by atomic mass is 35.5. The summed E-state index contributed by atoms with van der Waals surface area (Å²) in [4.78, 5) is 12.7. The van der Waals surface area contributed by atoms with Gasteiger partial charge in [0.2, 0.25) is 0 Å². The van der Waals surface area contributed by atoms with Gasteiger partial charge in [-0.3, -0.25) is 4.79 Å². The van der Waals surface area contributed by atoms with E-state index in [4.69, 9.17) is 16.3 Å². The van der Waals surface area contributed by atoms with Crippen molar-refractivity contribution in [3.05, 3.63) is 64.9 Å². The largest absolute Gasteiger partial charge is 0.385 e. The fraction of sp³-hybridized carbons (Fsp3) is 0.286. The van der Waals surface area contributed by atoms with Crippen LogP contribution in [0.4, 0.5) is 4.39 Å². The van der Waals surface area contributed by atoms with E-state index >= 15 is 0 Å². The zero-order chi connectivity index (χ0) is 20.8. The van der Waals surface area contributed by atoms with E-state index in [1.807, 2.05) is 22.8 Å². The van der Waals surface area contributed by atoms with Crippen molar-refractivity contribution in [2.24, 2.45) is 0 Å². The third-order valence-corrected chi connectivity index (χ3v) is 5.75. The number of ether oxygens (including phenoxy) is 1. The molecule has 1 unspecified atom stereocenters. The monoisotopic (exact) mass is 433 g/mol. The fourth-order valence-corrected chi connectivity index (χ4v) is 4.02. The number of hydrogen-bond acceptors (Lipinski definition) is 5. The highest BCUT2D eigenvalue weighted by Gasteiger charge is 2.22. The molecule has 8 heteroatoms. The second kappa shape index (κ2) is 10.0. The second-order valence-electron chi connectivity index (χ2n) is 6.42. The smallest absolute Gasteiger partial charge is 0.192 e. The van der Waals surface area contributed by atoms with E-state index in [9.17, 15) is 9.18 Å². The summed E-state index contributed by atoms with van der Waals surface area (Å²) in [5.41, 5.74) is 1.24. The van der Waals surface area contributed by atoms with E-state index in [0.717, 1.165) is 12.0 Å². The Bertz CT molecular complexity index is 978. The van der Waals surface area contributed by atoms with E-state index in [1.54, 1.807) is 20.1 Å². The summed E-state index contributed by atoms with van der Waals surface area (Å²) >= 11 is 7.67. The average Bonchev–Trinajstić information content (AvgIpc) is 3.11. The lowest BCUT2D eigenvalue weighted by Crippen LogP contribution is -2.15. The molecule has 3 aromatic rings. The fourth-order valence-electron chi connectivity index (χ4n) is 2.85. The van der Waals surface area contributed by atoms with Gasteiger partial charge in [-0.15, -0.1) is 10.2 Å². The van der Waals surface area contributed by atoms with E-state index in [0.29, 0.717) is 34.7 Å². The summed E-state index contributed by atoms with van der Waals surface area (Å²) < 4.78 is 20.3. The Morgan fingerprint density at radius 1 is 1.21 bits per heavy atom. The Kier molecular flexibility index (Phi) is 7.41. The molecular weight excluding hydrogens is 413 g/mol. The predicted molar refractivity (Wildman–Crippen MR) is 113 cm³/mol. The zero-order valence-corrected chi connectivity index (χ0v) is 17.7. The summed E-state index contributed by atoms with van der Waals surface area (Å²) in [6.07, 6.45) is 0.764. The molecule has 2 aromatic carbocycles. The normalized spacial score (nSPS) is 12.1. The van der Waals surface area contributed by atoms with Crippen molar-refractivity contribution >= 4 is 29.1 Å². The molecule has 1 heterocycles. The number of aromatic nitrogens is 3. The van der Waals surface area contributed by atoms with Gasteiger partial charge in [0.05, 0.1) is 10.3 Å². The van der Waals surface area contributed by atoms with Crippen molar-refractivity contribution in [3.8, 4) is 11.4 Å². The molecule has 5 nitrogen and oxygen atoms in total. The number of ketones is 1. The Balaban J connectivity index is 1.87. The van der Waals surface area contributed by atoms with Gasteiger partial charge in [0.1, 0.15) is 5.82 Å². The van der Waals surface area contributed by atoms with Crippen LogP contribution < -0.4 is 0 Å². The Labute approximate surface area is 178 Å². The highest BCUT2D eigenvalue weighted by molar-refractivity contribution is 8.00. The molecule has 0 aliphatic rings. The number of carbonyl (C=O) groups excluding carboxylic acids is 1. The van der Waals surface area contributed by atoms with Crippen LogP contribution in [0.1, 0.15) is 23.7 Å².